The summed E-state index contributed by atoms with van der Waals surface area (Å²) in [5.41, 5.74) is 1.47. The molecule has 0 saturated heterocycles. The molecule has 0 heterocycles. The van der Waals surface area contributed by atoms with Crippen molar-refractivity contribution in [3.63, 3.8) is 0 Å². The molecule has 8 heteroatoms. The normalized spacial score (nSPS) is 13.0. The molecule has 0 aliphatic heterocycles. The summed E-state index contributed by atoms with van der Waals surface area (Å²) in [6.07, 6.45) is 1.38. The number of ether oxygens (including phenoxy) is 1. The number of nitrogens with zero attached hydrogens (tertiary/aromatic N) is 1. The Morgan fingerprint density at radius 2 is 1.95 bits per heavy atom. The summed E-state index contributed by atoms with van der Waals surface area (Å²) in [6.45, 7) is 3.22. The number of carbonyl (C=O) groups excluding carboxylic acids is 1. The predicted molar refractivity (Wildman–Crippen MR) is 81.2 cm³/mol. The summed E-state index contributed by atoms with van der Waals surface area (Å²) < 4.78 is 31.5. The highest BCUT2D eigenvalue weighted by Gasteiger charge is 2.30. The van der Waals surface area contributed by atoms with Crippen molar-refractivity contribution < 1.29 is 23.2 Å². The Kier molecular flexibility index (Phi) is 6.79. The molecule has 22 heavy (non-hydrogen) atoms. The van der Waals surface area contributed by atoms with E-state index in [2.05, 4.69) is 0 Å². The number of benzene rings is 1. The van der Waals surface area contributed by atoms with Crippen molar-refractivity contribution in [3.05, 3.63) is 24.3 Å². The fraction of sp³-hybridized carbons (Fsp3) is 0.500. The zero-order chi connectivity index (χ0) is 16.8. The van der Waals surface area contributed by atoms with Crippen molar-refractivity contribution >= 4 is 15.9 Å². The van der Waals surface area contributed by atoms with Gasteiger partial charge in [0.05, 0.1) is 18.6 Å². The van der Waals surface area contributed by atoms with Crippen LogP contribution in [0.3, 0.4) is 0 Å². The lowest BCUT2D eigenvalue weighted by Crippen LogP contribution is -2.44. The fourth-order valence-electron chi connectivity index (χ4n) is 2.10. The number of rotatable bonds is 8. The van der Waals surface area contributed by atoms with Crippen LogP contribution in [0, 0.1) is 0 Å². The van der Waals surface area contributed by atoms with E-state index in [1.807, 2.05) is 6.92 Å². The van der Waals surface area contributed by atoms with E-state index in [1.54, 1.807) is 19.1 Å². The van der Waals surface area contributed by atoms with E-state index in [-0.39, 0.29) is 10.9 Å². The molecule has 0 spiro atoms. The molecule has 1 aromatic carbocycles. The molecular formula is C14H22N2O5S. The molecule has 124 valence electrons. The van der Waals surface area contributed by atoms with Gasteiger partial charge in [-0.05, 0) is 37.6 Å². The average Bonchev–Trinajstić information content (AvgIpc) is 2.52. The molecule has 7 nitrogen and oxygen atoms in total. The fourth-order valence-corrected chi connectivity index (χ4v) is 3.72. The molecule has 0 radical (unpaired) electrons. The number of hydroxylamine groups is 1. The van der Waals surface area contributed by atoms with Gasteiger partial charge in [0.15, 0.2) is 0 Å². The third-order valence-corrected chi connectivity index (χ3v) is 5.26. The number of sulfonamides is 1. The third-order valence-electron chi connectivity index (χ3n) is 3.29. The van der Waals surface area contributed by atoms with Gasteiger partial charge in [0, 0.05) is 6.04 Å². The van der Waals surface area contributed by atoms with Gasteiger partial charge in [0.1, 0.15) is 5.75 Å². The van der Waals surface area contributed by atoms with Crippen LogP contribution in [-0.4, -0.2) is 43.5 Å². The van der Waals surface area contributed by atoms with Crippen LogP contribution in [0.15, 0.2) is 29.2 Å². The number of nitrogens with one attached hydrogen (secondary N) is 1. The molecule has 1 atom stereocenters. The van der Waals surface area contributed by atoms with Gasteiger partial charge in [-0.25, -0.2) is 13.9 Å². The minimum Gasteiger partial charge on any atom is -0.497 e. The number of hydrogen-bond acceptors (Lipinski definition) is 5. The minimum atomic E-state index is -3.85. The summed E-state index contributed by atoms with van der Waals surface area (Å²) in [4.78, 5) is 11.5. The first-order valence-corrected chi connectivity index (χ1v) is 8.39. The molecule has 1 rings (SSSR count). The SMILES string of the molecule is CCCC(C)N(CC(=O)NO)S(=O)(=O)c1ccc(OC)cc1. The van der Waals surface area contributed by atoms with E-state index in [1.165, 1.54) is 24.7 Å². The number of methoxy groups -OCH3 is 1. The molecule has 0 aliphatic carbocycles. The summed E-state index contributed by atoms with van der Waals surface area (Å²) >= 11 is 0. The Labute approximate surface area is 130 Å². The van der Waals surface area contributed by atoms with Gasteiger partial charge in [0.25, 0.3) is 5.91 Å². The third kappa shape index (κ3) is 4.43. The van der Waals surface area contributed by atoms with Crippen LogP contribution < -0.4 is 10.2 Å². The lowest BCUT2D eigenvalue weighted by Gasteiger charge is -2.27. The van der Waals surface area contributed by atoms with E-state index in [0.29, 0.717) is 12.2 Å². The van der Waals surface area contributed by atoms with E-state index < -0.39 is 22.5 Å². The highest BCUT2D eigenvalue weighted by Crippen LogP contribution is 2.22. The molecule has 2 N–H and O–H groups in total. The van der Waals surface area contributed by atoms with Gasteiger partial charge in [0.2, 0.25) is 10.0 Å². The zero-order valence-corrected chi connectivity index (χ0v) is 13.8. The van der Waals surface area contributed by atoms with E-state index >= 15 is 0 Å². The van der Waals surface area contributed by atoms with Crippen molar-refractivity contribution in [1.82, 2.24) is 9.79 Å². The van der Waals surface area contributed by atoms with Gasteiger partial charge < -0.3 is 4.74 Å². The smallest absolute Gasteiger partial charge is 0.258 e. The van der Waals surface area contributed by atoms with Crippen LogP contribution >= 0.6 is 0 Å². The van der Waals surface area contributed by atoms with Gasteiger partial charge in [-0.2, -0.15) is 4.31 Å². The second-order valence-corrected chi connectivity index (χ2v) is 6.79. The molecule has 0 fully saturated rings. The number of carbonyl (C=O) groups is 1. The van der Waals surface area contributed by atoms with Crippen LogP contribution in [-0.2, 0) is 14.8 Å². The lowest BCUT2D eigenvalue weighted by molar-refractivity contribution is -0.129. The molecule has 0 aliphatic rings. The van der Waals surface area contributed by atoms with E-state index in [9.17, 15) is 13.2 Å². The van der Waals surface area contributed by atoms with Crippen LogP contribution in [0.4, 0.5) is 0 Å². The zero-order valence-electron chi connectivity index (χ0n) is 12.9. The average molecular weight is 330 g/mol. The number of amides is 1. The van der Waals surface area contributed by atoms with Crippen LogP contribution in [0.25, 0.3) is 0 Å². The van der Waals surface area contributed by atoms with Crippen LogP contribution in [0.1, 0.15) is 26.7 Å². The first-order chi connectivity index (χ1) is 10.4. The quantitative estimate of drug-likeness (QED) is 0.554. The molecule has 0 bridgehead atoms. The highest BCUT2D eigenvalue weighted by molar-refractivity contribution is 7.89. The Morgan fingerprint density at radius 3 is 2.41 bits per heavy atom. The van der Waals surface area contributed by atoms with Crippen LogP contribution in [0.5, 0.6) is 5.75 Å². The maximum absolute atomic E-state index is 12.7. The second kappa shape index (κ2) is 8.11. The second-order valence-electron chi connectivity index (χ2n) is 4.90. The molecule has 0 saturated carbocycles. The van der Waals surface area contributed by atoms with Gasteiger partial charge in [-0.3, -0.25) is 10.0 Å². The Morgan fingerprint density at radius 1 is 1.36 bits per heavy atom. The maximum Gasteiger partial charge on any atom is 0.258 e. The first-order valence-electron chi connectivity index (χ1n) is 6.95. The van der Waals surface area contributed by atoms with Crippen molar-refractivity contribution in [2.45, 2.75) is 37.6 Å². The summed E-state index contributed by atoms with van der Waals surface area (Å²) in [5.74, 6) is -0.236. The molecule has 0 aromatic heterocycles. The van der Waals surface area contributed by atoms with Crippen molar-refractivity contribution in [2.24, 2.45) is 0 Å². The maximum atomic E-state index is 12.7. The molecular weight excluding hydrogens is 308 g/mol. The molecule has 1 amide bonds. The standard InChI is InChI=1S/C14H22N2O5S/c1-4-5-11(2)16(10-14(17)15-18)22(19,20)13-8-6-12(21-3)7-9-13/h6-9,11,18H,4-5,10H2,1-3H3,(H,15,17). The highest BCUT2D eigenvalue weighted by atomic mass is 32.2. The van der Waals surface area contributed by atoms with Crippen molar-refractivity contribution in [3.8, 4) is 5.75 Å². The topological polar surface area (TPSA) is 95.9 Å². The summed E-state index contributed by atoms with van der Waals surface area (Å²) in [5, 5.41) is 8.66. The molecule has 1 unspecified atom stereocenters. The van der Waals surface area contributed by atoms with Crippen molar-refractivity contribution in [1.29, 1.82) is 0 Å². The van der Waals surface area contributed by atoms with Gasteiger partial charge in [-0.15, -0.1) is 0 Å². The summed E-state index contributed by atoms with van der Waals surface area (Å²) in [7, 11) is -2.36. The Balaban J connectivity index is 3.15. The Bertz CT molecular complexity index is 586. The molecule has 1 aromatic rings. The Hall–Kier alpha value is -1.64. The monoisotopic (exact) mass is 330 g/mol. The minimum absolute atomic E-state index is 0.0713. The van der Waals surface area contributed by atoms with Crippen LogP contribution in [0.2, 0.25) is 0 Å². The largest absolute Gasteiger partial charge is 0.497 e. The predicted octanol–water partition coefficient (Wildman–Crippen LogP) is 1.38. The lowest BCUT2D eigenvalue weighted by atomic mass is 10.2. The van der Waals surface area contributed by atoms with E-state index in [4.69, 9.17) is 9.94 Å². The van der Waals surface area contributed by atoms with E-state index in [0.717, 1.165) is 10.7 Å². The van der Waals surface area contributed by atoms with Crippen molar-refractivity contribution in [2.75, 3.05) is 13.7 Å². The first kappa shape index (κ1) is 18.4. The number of hydrogen-bond donors (Lipinski definition) is 2. The summed E-state index contributed by atoms with van der Waals surface area (Å²) in [6, 6.07) is 5.57. The van der Waals surface area contributed by atoms with Gasteiger partial charge in [-0.1, -0.05) is 13.3 Å². The van der Waals surface area contributed by atoms with Gasteiger partial charge >= 0.3 is 0 Å².